The van der Waals surface area contributed by atoms with E-state index in [1.807, 2.05) is 20.8 Å². The number of allylic oxidation sites excluding steroid dienone is 1. The summed E-state index contributed by atoms with van der Waals surface area (Å²) in [7, 11) is 0. The molecule has 0 saturated carbocycles. The Hall–Kier alpha value is -0.790. The molecule has 0 unspecified atom stereocenters. The second-order valence-corrected chi connectivity index (χ2v) is 3.26. The van der Waals surface area contributed by atoms with E-state index >= 15 is 0 Å². The van der Waals surface area contributed by atoms with E-state index in [1.54, 1.807) is 13.0 Å². The van der Waals surface area contributed by atoms with Gasteiger partial charge in [0.05, 0.1) is 0 Å². The number of carbonyl (C=O) groups is 1. The lowest BCUT2D eigenvalue weighted by Gasteiger charge is -2.18. The van der Waals surface area contributed by atoms with E-state index in [9.17, 15) is 4.79 Å². The second-order valence-electron chi connectivity index (χ2n) is 3.26. The molecule has 58 valence electrons. The van der Waals surface area contributed by atoms with E-state index in [1.165, 1.54) is 0 Å². The number of rotatable bonds is 1. The van der Waals surface area contributed by atoms with Gasteiger partial charge >= 0.3 is 5.97 Å². The van der Waals surface area contributed by atoms with Crippen molar-refractivity contribution in [1.29, 1.82) is 0 Å². The predicted octanol–water partition coefficient (Wildman–Crippen LogP) is 2.06. The van der Waals surface area contributed by atoms with Crippen LogP contribution < -0.4 is 0 Å². The smallest absolute Gasteiger partial charge is 0.331 e. The summed E-state index contributed by atoms with van der Waals surface area (Å²) in [5.41, 5.74) is 0.216. The summed E-state index contributed by atoms with van der Waals surface area (Å²) in [4.78, 5) is 10.5. The number of carboxylic acid groups (broad SMARTS) is 1. The van der Waals surface area contributed by atoms with E-state index in [-0.39, 0.29) is 5.41 Å². The molecule has 0 bridgehead atoms. The van der Waals surface area contributed by atoms with Gasteiger partial charge in [-0.2, -0.15) is 0 Å². The van der Waals surface area contributed by atoms with E-state index in [2.05, 4.69) is 0 Å². The molecule has 0 aromatic carbocycles. The van der Waals surface area contributed by atoms with Crippen LogP contribution in [0.25, 0.3) is 0 Å². The van der Waals surface area contributed by atoms with Crippen LogP contribution in [0, 0.1) is 5.41 Å². The van der Waals surface area contributed by atoms with Gasteiger partial charge in [-0.05, 0) is 12.3 Å². The number of hydrogen-bond donors (Lipinski definition) is 1. The van der Waals surface area contributed by atoms with Crippen molar-refractivity contribution < 1.29 is 9.90 Å². The molecule has 2 heteroatoms. The predicted molar refractivity (Wildman–Crippen MR) is 40.8 cm³/mol. The minimum atomic E-state index is -0.824. The fourth-order valence-corrected chi connectivity index (χ4v) is 0.877. The highest BCUT2D eigenvalue weighted by Gasteiger charge is 2.21. The molecule has 0 aromatic heterocycles. The molecule has 10 heavy (non-hydrogen) atoms. The van der Waals surface area contributed by atoms with Crippen LogP contribution in [0.2, 0.25) is 0 Å². The third kappa shape index (κ3) is 2.21. The van der Waals surface area contributed by atoms with Crippen molar-refractivity contribution in [2.75, 3.05) is 0 Å². The highest BCUT2D eigenvalue weighted by molar-refractivity contribution is 5.87. The van der Waals surface area contributed by atoms with E-state index in [0.29, 0.717) is 5.57 Å². The molecule has 0 amide bonds. The quantitative estimate of drug-likeness (QED) is 0.569. The van der Waals surface area contributed by atoms with Crippen molar-refractivity contribution in [3.05, 3.63) is 11.6 Å². The summed E-state index contributed by atoms with van der Waals surface area (Å²) in [6, 6.07) is 0. The first-order valence-electron chi connectivity index (χ1n) is 3.29. The van der Waals surface area contributed by atoms with Crippen molar-refractivity contribution >= 4 is 5.97 Å². The average molecular weight is 142 g/mol. The zero-order chi connectivity index (χ0) is 8.36. The molecule has 0 rings (SSSR count). The van der Waals surface area contributed by atoms with Gasteiger partial charge < -0.3 is 5.11 Å². The molecule has 0 aliphatic carbocycles. The molecule has 0 aliphatic heterocycles. The van der Waals surface area contributed by atoms with Gasteiger partial charge in [-0.15, -0.1) is 0 Å². The molecule has 0 spiro atoms. The SMILES string of the molecule is C/C=C(\C(=O)O)C(C)(C)C. The number of hydrogen-bond acceptors (Lipinski definition) is 1. The van der Waals surface area contributed by atoms with Crippen LogP contribution in [0.15, 0.2) is 11.6 Å². The van der Waals surface area contributed by atoms with E-state index in [4.69, 9.17) is 5.11 Å². The average Bonchev–Trinajstić information content (AvgIpc) is 1.60. The van der Waals surface area contributed by atoms with Crippen LogP contribution in [0.1, 0.15) is 27.7 Å². The van der Waals surface area contributed by atoms with Crippen LogP contribution in [0.5, 0.6) is 0 Å². The molecular weight excluding hydrogens is 128 g/mol. The van der Waals surface area contributed by atoms with Gasteiger partial charge in [0.15, 0.2) is 0 Å². The monoisotopic (exact) mass is 142 g/mol. The standard InChI is InChI=1S/C8H14O2/c1-5-6(7(9)10)8(2,3)4/h5H,1-4H3,(H,9,10)/b6-5+. The molecule has 0 heterocycles. The maximum absolute atomic E-state index is 10.5. The van der Waals surface area contributed by atoms with Crippen molar-refractivity contribution in [2.45, 2.75) is 27.7 Å². The van der Waals surface area contributed by atoms with Crippen molar-refractivity contribution in [2.24, 2.45) is 5.41 Å². The van der Waals surface area contributed by atoms with Gasteiger partial charge in [0.2, 0.25) is 0 Å². The number of aliphatic carboxylic acids is 1. The number of carboxylic acids is 1. The minimum absolute atomic E-state index is 0.249. The first-order valence-corrected chi connectivity index (χ1v) is 3.29. The maximum atomic E-state index is 10.5. The lowest BCUT2D eigenvalue weighted by atomic mass is 9.86. The molecule has 0 aliphatic rings. The van der Waals surface area contributed by atoms with Crippen molar-refractivity contribution in [1.82, 2.24) is 0 Å². The zero-order valence-electron chi connectivity index (χ0n) is 6.93. The van der Waals surface area contributed by atoms with Crippen LogP contribution in [-0.2, 0) is 4.79 Å². The summed E-state index contributed by atoms with van der Waals surface area (Å²) >= 11 is 0. The molecule has 0 saturated heterocycles. The highest BCUT2D eigenvalue weighted by Crippen LogP contribution is 2.24. The Balaban J connectivity index is 4.56. The van der Waals surface area contributed by atoms with Gasteiger partial charge in [0.1, 0.15) is 0 Å². The minimum Gasteiger partial charge on any atom is -0.478 e. The summed E-state index contributed by atoms with van der Waals surface area (Å²) in [6.07, 6.45) is 1.64. The highest BCUT2D eigenvalue weighted by atomic mass is 16.4. The lowest BCUT2D eigenvalue weighted by molar-refractivity contribution is -0.133. The van der Waals surface area contributed by atoms with Gasteiger partial charge in [-0.1, -0.05) is 26.8 Å². The van der Waals surface area contributed by atoms with Crippen LogP contribution >= 0.6 is 0 Å². The van der Waals surface area contributed by atoms with Gasteiger partial charge in [0, 0.05) is 5.57 Å². The van der Waals surface area contributed by atoms with Crippen LogP contribution in [0.3, 0.4) is 0 Å². The van der Waals surface area contributed by atoms with Crippen molar-refractivity contribution in [3.8, 4) is 0 Å². The molecule has 0 radical (unpaired) electrons. The van der Waals surface area contributed by atoms with E-state index < -0.39 is 5.97 Å². The Morgan fingerprint density at radius 1 is 1.40 bits per heavy atom. The third-order valence-corrected chi connectivity index (χ3v) is 1.33. The Morgan fingerprint density at radius 2 is 1.80 bits per heavy atom. The first kappa shape index (κ1) is 9.21. The zero-order valence-corrected chi connectivity index (χ0v) is 6.93. The second kappa shape index (κ2) is 2.86. The van der Waals surface area contributed by atoms with E-state index in [0.717, 1.165) is 0 Å². The Morgan fingerprint density at radius 3 is 1.80 bits per heavy atom. The normalized spacial score (nSPS) is 13.4. The molecule has 0 aromatic rings. The topological polar surface area (TPSA) is 37.3 Å². The summed E-state index contributed by atoms with van der Waals surface area (Å²) in [6.45, 7) is 7.40. The Bertz CT molecular complexity index is 161. The fourth-order valence-electron chi connectivity index (χ4n) is 0.877. The molecule has 1 N–H and O–H groups in total. The molecular formula is C8H14O2. The third-order valence-electron chi connectivity index (χ3n) is 1.33. The first-order chi connectivity index (χ1) is 4.39. The summed E-state index contributed by atoms with van der Waals surface area (Å²) in [5.74, 6) is -0.824. The van der Waals surface area contributed by atoms with Crippen LogP contribution in [-0.4, -0.2) is 11.1 Å². The van der Waals surface area contributed by atoms with Gasteiger partial charge in [-0.3, -0.25) is 0 Å². The molecule has 2 nitrogen and oxygen atoms in total. The lowest BCUT2D eigenvalue weighted by Crippen LogP contribution is -2.16. The molecule has 0 atom stereocenters. The summed E-state index contributed by atoms with van der Waals surface area (Å²) in [5, 5.41) is 8.64. The molecule has 0 fully saturated rings. The van der Waals surface area contributed by atoms with Crippen molar-refractivity contribution in [3.63, 3.8) is 0 Å². The fraction of sp³-hybridized carbons (Fsp3) is 0.625. The maximum Gasteiger partial charge on any atom is 0.331 e. The Kier molecular flexibility index (Phi) is 2.64. The Labute approximate surface area is 61.6 Å². The van der Waals surface area contributed by atoms with Gasteiger partial charge in [0.25, 0.3) is 0 Å². The van der Waals surface area contributed by atoms with Crippen LogP contribution in [0.4, 0.5) is 0 Å². The summed E-state index contributed by atoms with van der Waals surface area (Å²) < 4.78 is 0. The largest absolute Gasteiger partial charge is 0.478 e. The van der Waals surface area contributed by atoms with Gasteiger partial charge in [-0.25, -0.2) is 4.79 Å².